The maximum Gasteiger partial charge on any atom is 0.264 e. The van der Waals surface area contributed by atoms with Gasteiger partial charge in [0.05, 0.1) is 16.3 Å². The second-order valence-electron chi connectivity index (χ2n) is 4.53. The molecule has 6 heteroatoms. The molecule has 0 saturated heterocycles. The van der Waals surface area contributed by atoms with Crippen LogP contribution >= 0.6 is 0 Å². The Morgan fingerprint density at radius 2 is 1.85 bits per heavy atom. The van der Waals surface area contributed by atoms with Crippen LogP contribution in [0.15, 0.2) is 47.4 Å². The van der Waals surface area contributed by atoms with Crippen LogP contribution in [0.1, 0.15) is 5.56 Å². The van der Waals surface area contributed by atoms with Crippen molar-refractivity contribution < 1.29 is 13.5 Å². The van der Waals surface area contributed by atoms with Crippen molar-refractivity contribution in [1.82, 2.24) is 0 Å². The number of phenols is 1. The lowest BCUT2D eigenvalue weighted by molar-refractivity contribution is 0.477. The van der Waals surface area contributed by atoms with Crippen molar-refractivity contribution in [3.63, 3.8) is 0 Å². The summed E-state index contributed by atoms with van der Waals surface area (Å²) in [6.45, 7) is 1.89. The number of nitrogen functional groups attached to an aromatic ring is 1. The number of benzene rings is 2. The predicted molar refractivity (Wildman–Crippen MR) is 79.3 cm³/mol. The molecule has 0 aliphatic rings. The first-order valence-electron chi connectivity index (χ1n) is 5.96. The first-order chi connectivity index (χ1) is 9.32. The van der Waals surface area contributed by atoms with Gasteiger partial charge < -0.3 is 10.8 Å². The van der Waals surface area contributed by atoms with E-state index in [0.29, 0.717) is 5.69 Å². The molecular weight excluding hydrogens is 276 g/mol. The Morgan fingerprint density at radius 1 is 1.15 bits per heavy atom. The second-order valence-corrected chi connectivity index (χ2v) is 6.50. The number of aryl methyl sites for hydroxylation is 1. The molecule has 0 bridgehead atoms. The molecule has 106 valence electrons. The van der Waals surface area contributed by atoms with E-state index in [9.17, 15) is 13.5 Å². The summed E-state index contributed by atoms with van der Waals surface area (Å²) >= 11 is 0. The topological polar surface area (TPSA) is 83.6 Å². The van der Waals surface area contributed by atoms with E-state index < -0.39 is 10.0 Å². The van der Waals surface area contributed by atoms with Crippen LogP contribution in [0.4, 0.5) is 11.4 Å². The van der Waals surface area contributed by atoms with Crippen molar-refractivity contribution in [3.8, 4) is 5.75 Å². The minimum Gasteiger partial charge on any atom is -0.506 e. The normalized spacial score (nSPS) is 11.3. The average molecular weight is 292 g/mol. The van der Waals surface area contributed by atoms with Gasteiger partial charge >= 0.3 is 0 Å². The number of phenolic OH excluding ortho intramolecular Hbond substituents is 1. The van der Waals surface area contributed by atoms with Crippen molar-refractivity contribution in [3.05, 3.63) is 48.0 Å². The van der Waals surface area contributed by atoms with Crippen LogP contribution in [-0.4, -0.2) is 20.6 Å². The number of aromatic hydroxyl groups is 1. The second kappa shape index (κ2) is 5.05. The Balaban J connectivity index is 2.46. The summed E-state index contributed by atoms with van der Waals surface area (Å²) in [6.07, 6.45) is 0. The van der Waals surface area contributed by atoms with E-state index in [-0.39, 0.29) is 16.3 Å². The smallest absolute Gasteiger partial charge is 0.264 e. The van der Waals surface area contributed by atoms with E-state index in [0.717, 1.165) is 5.56 Å². The monoisotopic (exact) mass is 292 g/mol. The molecule has 0 fully saturated rings. The van der Waals surface area contributed by atoms with Gasteiger partial charge in [0.1, 0.15) is 5.75 Å². The number of hydrogen-bond donors (Lipinski definition) is 2. The molecule has 2 rings (SSSR count). The highest BCUT2D eigenvalue weighted by molar-refractivity contribution is 7.92. The molecule has 0 heterocycles. The van der Waals surface area contributed by atoms with Crippen LogP contribution in [0.3, 0.4) is 0 Å². The number of anilines is 2. The molecule has 0 saturated carbocycles. The van der Waals surface area contributed by atoms with E-state index in [1.807, 2.05) is 13.0 Å². The van der Waals surface area contributed by atoms with Gasteiger partial charge in [-0.05, 0) is 42.8 Å². The van der Waals surface area contributed by atoms with Crippen LogP contribution < -0.4 is 10.0 Å². The van der Waals surface area contributed by atoms with Crippen molar-refractivity contribution >= 4 is 21.4 Å². The molecule has 3 N–H and O–H groups in total. The summed E-state index contributed by atoms with van der Waals surface area (Å²) in [5.74, 6) is -0.137. The van der Waals surface area contributed by atoms with Crippen LogP contribution in [0.2, 0.25) is 0 Å². The van der Waals surface area contributed by atoms with Gasteiger partial charge in [-0.25, -0.2) is 8.42 Å². The lowest BCUT2D eigenvalue weighted by Gasteiger charge is -2.20. The number of nitrogens with zero attached hydrogens (tertiary/aromatic N) is 1. The van der Waals surface area contributed by atoms with E-state index in [1.165, 1.54) is 29.6 Å². The Labute approximate surface area is 118 Å². The number of rotatable bonds is 3. The molecule has 0 aliphatic heterocycles. The standard InChI is InChI=1S/C14H16N2O3S/c1-10-4-3-5-11(8-10)16(2)20(18,19)12-6-7-14(17)13(15)9-12/h3-9,17H,15H2,1-2H3. The summed E-state index contributed by atoms with van der Waals surface area (Å²) in [5, 5.41) is 9.37. The predicted octanol–water partition coefficient (Wildman–Crippen LogP) is 2.11. The van der Waals surface area contributed by atoms with Crippen molar-refractivity contribution in [2.45, 2.75) is 11.8 Å². The highest BCUT2D eigenvalue weighted by atomic mass is 32.2. The average Bonchev–Trinajstić information content (AvgIpc) is 2.40. The summed E-state index contributed by atoms with van der Waals surface area (Å²) in [4.78, 5) is 0.0387. The zero-order valence-electron chi connectivity index (χ0n) is 11.2. The van der Waals surface area contributed by atoms with Crippen LogP contribution in [-0.2, 0) is 10.0 Å². The van der Waals surface area contributed by atoms with E-state index >= 15 is 0 Å². The molecule has 0 aliphatic carbocycles. The van der Waals surface area contributed by atoms with Crippen molar-refractivity contribution in [2.24, 2.45) is 0 Å². The van der Waals surface area contributed by atoms with E-state index in [2.05, 4.69) is 0 Å². The van der Waals surface area contributed by atoms with Crippen LogP contribution in [0, 0.1) is 6.92 Å². The quantitative estimate of drug-likeness (QED) is 0.670. The fourth-order valence-electron chi connectivity index (χ4n) is 1.81. The fraction of sp³-hybridized carbons (Fsp3) is 0.143. The van der Waals surface area contributed by atoms with Gasteiger partial charge in [-0.15, -0.1) is 0 Å². The summed E-state index contributed by atoms with van der Waals surface area (Å²) < 4.78 is 26.2. The first kappa shape index (κ1) is 14.2. The minimum atomic E-state index is -3.71. The molecule has 0 amide bonds. The van der Waals surface area contributed by atoms with Gasteiger partial charge in [0.2, 0.25) is 0 Å². The first-order valence-corrected chi connectivity index (χ1v) is 7.40. The molecule has 0 spiro atoms. The molecular formula is C14H16N2O3S. The van der Waals surface area contributed by atoms with Crippen LogP contribution in [0.5, 0.6) is 5.75 Å². The Hall–Kier alpha value is -2.21. The zero-order valence-corrected chi connectivity index (χ0v) is 12.1. The lowest BCUT2D eigenvalue weighted by Crippen LogP contribution is -2.26. The lowest BCUT2D eigenvalue weighted by atomic mass is 10.2. The van der Waals surface area contributed by atoms with Gasteiger partial charge in [-0.1, -0.05) is 12.1 Å². The van der Waals surface area contributed by atoms with Gasteiger partial charge in [-0.2, -0.15) is 0 Å². The molecule has 0 radical (unpaired) electrons. The van der Waals surface area contributed by atoms with E-state index in [1.54, 1.807) is 18.2 Å². The molecule has 0 unspecified atom stereocenters. The van der Waals surface area contributed by atoms with E-state index in [4.69, 9.17) is 5.73 Å². The van der Waals surface area contributed by atoms with Crippen LogP contribution in [0.25, 0.3) is 0 Å². The van der Waals surface area contributed by atoms with Gasteiger partial charge in [-0.3, -0.25) is 4.31 Å². The maximum absolute atomic E-state index is 12.5. The molecule has 5 nitrogen and oxygen atoms in total. The zero-order chi connectivity index (χ0) is 14.9. The van der Waals surface area contributed by atoms with Gasteiger partial charge in [0.15, 0.2) is 0 Å². The number of hydrogen-bond acceptors (Lipinski definition) is 4. The fourth-order valence-corrected chi connectivity index (χ4v) is 3.04. The third kappa shape index (κ3) is 2.55. The molecule has 2 aromatic carbocycles. The Morgan fingerprint density at radius 3 is 2.45 bits per heavy atom. The molecule has 20 heavy (non-hydrogen) atoms. The summed E-state index contributed by atoms with van der Waals surface area (Å²) in [5.41, 5.74) is 7.11. The van der Waals surface area contributed by atoms with Crippen molar-refractivity contribution in [1.29, 1.82) is 0 Å². The Kier molecular flexibility index (Phi) is 3.59. The third-order valence-electron chi connectivity index (χ3n) is 3.02. The summed E-state index contributed by atoms with van der Waals surface area (Å²) in [6, 6.07) is 11.0. The highest BCUT2D eigenvalue weighted by Crippen LogP contribution is 2.27. The largest absolute Gasteiger partial charge is 0.506 e. The number of nitrogens with two attached hydrogens (primary N) is 1. The Bertz CT molecular complexity index is 742. The van der Waals surface area contributed by atoms with Gasteiger partial charge in [0.25, 0.3) is 10.0 Å². The highest BCUT2D eigenvalue weighted by Gasteiger charge is 2.22. The third-order valence-corrected chi connectivity index (χ3v) is 4.80. The minimum absolute atomic E-state index is 0.0312. The van der Waals surface area contributed by atoms with Gasteiger partial charge in [0, 0.05) is 7.05 Å². The van der Waals surface area contributed by atoms with Crippen molar-refractivity contribution in [2.75, 3.05) is 17.1 Å². The molecule has 0 atom stereocenters. The summed E-state index contributed by atoms with van der Waals surface area (Å²) in [7, 11) is -2.23. The maximum atomic E-state index is 12.5. The molecule has 2 aromatic rings. The SMILES string of the molecule is Cc1cccc(N(C)S(=O)(=O)c2ccc(O)c(N)c2)c1. The molecule has 0 aromatic heterocycles. The number of sulfonamides is 1.